The highest BCUT2D eigenvalue weighted by Crippen LogP contribution is 2.31. The summed E-state index contributed by atoms with van der Waals surface area (Å²) < 4.78 is 10.6. The molecule has 0 heterocycles. The Morgan fingerprint density at radius 1 is 1.27 bits per heavy atom. The highest BCUT2D eigenvalue weighted by atomic mass is 16.5. The Labute approximate surface area is 131 Å². The van der Waals surface area contributed by atoms with Gasteiger partial charge < -0.3 is 25.0 Å². The molecule has 6 heteroatoms. The van der Waals surface area contributed by atoms with Crippen molar-refractivity contribution in [2.75, 3.05) is 34.9 Å². The zero-order valence-electron chi connectivity index (χ0n) is 13.7. The van der Waals surface area contributed by atoms with Gasteiger partial charge in [0.05, 0.1) is 20.3 Å². The number of hydrogen-bond acceptors (Lipinski definition) is 4. The number of carbonyl (C=O) groups is 1. The van der Waals surface area contributed by atoms with Crippen LogP contribution < -0.4 is 20.1 Å². The van der Waals surface area contributed by atoms with Crippen LogP contribution in [0.5, 0.6) is 11.5 Å². The zero-order valence-corrected chi connectivity index (χ0v) is 13.7. The predicted octanol–water partition coefficient (Wildman–Crippen LogP) is 1.77. The number of methoxy groups -OCH3 is 2. The summed E-state index contributed by atoms with van der Waals surface area (Å²) in [5, 5.41) is 5.86. The molecule has 2 rings (SSSR count). The van der Waals surface area contributed by atoms with Crippen LogP contribution in [-0.4, -0.2) is 51.8 Å². The Kier molecular flexibility index (Phi) is 5.49. The number of nitrogens with zero attached hydrogens (tertiary/aromatic N) is 1. The van der Waals surface area contributed by atoms with Gasteiger partial charge in [-0.2, -0.15) is 0 Å². The molecule has 0 aromatic heterocycles. The Balaban J connectivity index is 2.04. The molecule has 0 bridgehead atoms. The van der Waals surface area contributed by atoms with Crippen LogP contribution in [0.15, 0.2) is 18.2 Å². The largest absolute Gasteiger partial charge is 0.493 e. The monoisotopic (exact) mass is 307 g/mol. The molecule has 22 heavy (non-hydrogen) atoms. The summed E-state index contributed by atoms with van der Waals surface area (Å²) in [4.78, 5) is 13.9. The van der Waals surface area contributed by atoms with E-state index in [0.29, 0.717) is 24.1 Å². The summed E-state index contributed by atoms with van der Waals surface area (Å²) in [6.07, 6.45) is 2.17. The maximum Gasteiger partial charge on any atom is 0.315 e. The van der Waals surface area contributed by atoms with E-state index in [1.165, 1.54) is 0 Å². The van der Waals surface area contributed by atoms with E-state index in [0.717, 1.165) is 18.4 Å². The zero-order chi connectivity index (χ0) is 16.1. The van der Waals surface area contributed by atoms with Crippen LogP contribution in [-0.2, 0) is 0 Å². The van der Waals surface area contributed by atoms with Gasteiger partial charge in [0.15, 0.2) is 11.5 Å². The van der Waals surface area contributed by atoms with Gasteiger partial charge in [0.1, 0.15) is 0 Å². The molecule has 2 amide bonds. The maximum absolute atomic E-state index is 11.8. The molecule has 122 valence electrons. The standard InChI is InChI=1S/C16H25N3O3/c1-19(2)13(10-17-16(20)18-12-6-7-12)11-5-8-14(21-3)15(9-11)22-4/h5,8-9,12-13H,6-7,10H2,1-4H3,(H2,17,18,20). The summed E-state index contributed by atoms with van der Waals surface area (Å²) in [6.45, 7) is 0.529. The summed E-state index contributed by atoms with van der Waals surface area (Å²) in [5.74, 6) is 1.39. The van der Waals surface area contributed by atoms with Gasteiger partial charge in [-0.3, -0.25) is 0 Å². The molecule has 0 saturated heterocycles. The van der Waals surface area contributed by atoms with E-state index in [-0.39, 0.29) is 12.1 Å². The van der Waals surface area contributed by atoms with Gasteiger partial charge in [0, 0.05) is 12.6 Å². The molecule has 1 aliphatic rings. The molecule has 1 aromatic carbocycles. The fourth-order valence-electron chi connectivity index (χ4n) is 2.31. The van der Waals surface area contributed by atoms with Crippen LogP contribution in [0, 0.1) is 0 Å². The highest BCUT2D eigenvalue weighted by molar-refractivity contribution is 5.74. The van der Waals surface area contributed by atoms with Gasteiger partial charge in [0.2, 0.25) is 0 Å². The fraction of sp³-hybridized carbons (Fsp3) is 0.562. The molecular weight excluding hydrogens is 282 g/mol. The third-order valence-electron chi connectivity index (χ3n) is 3.78. The summed E-state index contributed by atoms with van der Waals surface area (Å²) in [5.41, 5.74) is 1.06. The number of rotatable bonds is 7. The number of carbonyl (C=O) groups excluding carboxylic acids is 1. The van der Waals surface area contributed by atoms with Gasteiger partial charge >= 0.3 is 6.03 Å². The number of nitrogens with one attached hydrogen (secondary N) is 2. The van der Waals surface area contributed by atoms with Gasteiger partial charge in [-0.05, 0) is 44.6 Å². The maximum atomic E-state index is 11.8. The second-order valence-corrected chi connectivity index (χ2v) is 5.72. The molecule has 1 aromatic rings. The van der Waals surface area contributed by atoms with Crippen molar-refractivity contribution >= 4 is 6.03 Å². The second-order valence-electron chi connectivity index (χ2n) is 5.72. The summed E-state index contributed by atoms with van der Waals surface area (Å²) in [6, 6.07) is 6.14. The first-order valence-electron chi connectivity index (χ1n) is 7.48. The van der Waals surface area contributed by atoms with Crippen molar-refractivity contribution in [2.45, 2.75) is 24.9 Å². The number of ether oxygens (including phenoxy) is 2. The van der Waals surface area contributed by atoms with Crippen LogP contribution in [0.3, 0.4) is 0 Å². The third kappa shape index (κ3) is 4.27. The Hall–Kier alpha value is -1.95. The van der Waals surface area contributed by atoms with E-state index in [9.17, 15) is 4.79 Å². The molecule has 1 saturated carbocycles. The van der Waals surface area contributed by atoms with Crippen LogP contribution in [0.4, 0.5) is 4.79 Å². The molecule has 1 fully saturated rings. The number of benzene rings is 1. The van der Waals surface area contributed by atoms with E-state index >= 15 is 0 Å². The first-order valence-corrected chi connectivity index (χ1v) is 7.48. The Morgan fingerprint density at radius 2 is 1.95 bits per heavy atom. The number of urea groups is 1. The van der Waals surface area contributed by atoms with E-state index in [1.54, 1.807) is 14.2 Å². The van der Waals surface area contributed by atoms with Gasteiger partial charge in [0.25, 0.3) is 0 Å². The molecule has 1 atom stereocenters. The van der Waals surface area contributed by atoms with Crippen molar-refractivity contribution in [1.29, 1.82) is 0 Å². The topological polar surface area (TPSA) is 62.8 Å². The van der Waals surface area contributed by atoms with Crippen molar-refractivity contribution in [3.63, 3.8) is 0 Å². The Morgan fingerprint density at radius 3 is 2.50 bits per heavy atom. The van der Waals surface area contributed by atoms with Crippen LogP contribution in [0.2, 0.25) is 0 Å². The van der Waals surface area contributed by atoms with E-state index in [4.69, 9.17) is 9.47 Å². The molecule has 1 aliphatic carbocycles. The SMILES string of the molecule is COc1ccc(C(CNC(=O)NC2CC2)N(C)C)cc1OC. The second kappa shape index (κ2) is 7.35. The lowest BCUT2D eigenvalue weighted by atomic mass is 10.1. The Bertz CT molecular complexity index is 515. The van der Waals surface area contributed by atoms with Gasteiger partial charge in [-0.1, -0.05) is 6.07 Å². The third-order valence-corrected chi connectivity index (χ3v) is 3.78. The van der Waals surface area contributed by atoms with Crippen LogP contribution in [0.1, 0.15) is 24.4 Å². The predicted molar refractivity (Wildman–Crippen MR) is 85.5 cm³/mol. The lowest BCUT2D eigenvalue weighted by Crippen LogP contribution is -2.41. The summed E-state index contributed by atoms with van der Waals surface area (Å²) >= 11 is 0. The van der Waals surface area contributed by atoms with Gasteiger partial charge in [-0.15, -0.1) is 0 Å². The summed E-state index contributed by atoms with van der Waals surface area (Å²) in [7, 11) is 7.21. The van der Waals surface area contributed by atoms with Crippen molar-refractivity contribution in [3.05, 3.63) is 23.8 Å². The minimum absolute atomic E-state index is 0.0600. The number of likely N-dealkylation sites (N-methyl/N-ethyl adjacent to an activating group) is 1. The minimum Gasteiger partial charge on any atom is -0.493 e. The van der Waals surface area contributed by atoms with Crippen LogP contribution in [0.25, 0.3) is 0 Å². The molecule has 0 aliphatic heterocycles. The normalized spacial score (nSPS) is 15.3. The lowest BCUT2D eigenvalue weighted by molar-refractivity contribution is 0.232. The number of amides is 2. The molecule has 0 spiro atoms. The average molecular weight is 307 g/mol. The average Bonchev–Trinajstić information content (AvgIpc) is 3.30. The first kappa shape index (κ1) is 16.4. The molecule has 1 unspecified atom stereocenters. The number of hydrogen-bond donors (Lipinski definition) is 2. The van der Waals surface area contributed by atoms with Gasteiger partial charge in [-0.25, -0.2) is 4.79 Å². The smallest absolute Gasteiger partial charge is 0.315 e. The lowest BCUT2D eigenvalue weighted by Gasteiger charge is -2.26. The van der Waals surface area contributed by atoms with E-state index < -0.39 is 0 Å². The van der Waals surface area contributed by atoms with E-state index in [2.05, 4.69) is 15.5 Å². The van der Waals surface area contributed by atoms with E-state index in [1.807, 2.05) is 32.3 Å². The van der Waals surface area contributed by atoms with Crippen LogP contribution >= 0.6 is 0 Å². The minimum atomic E-state index is -0.102. The highest BCUT2D eigenvalue weighted by Gasteiger charge is 2.24. The molecular formula is C16H25N3O3. The fourth-order valence-corrected chi connectivity index (χ4v) is 2.31. The molecule has 2 N–H and O–H groups in total. The molecule has 6 nitrogen and oxygen atoms in total. The van der Waals surface area contributed by atoms with Crippen molar-refractivity contribution < 1.29 is 14.3 Å². The van der Waals surface area contributed by atoms with Crippen molar-refractivity contribution in [2.24, 2.45) is 0 Å². The first-order chi connectivity index (χ1) is 10.5. The van der Waals surface area contributed by atoms with Crippen molar-refractivity contribution in [3.8, 4) is 11.5 Å². The quantitative estimate of drug-likeness (QED) is 0.806. The van der Waals surface area contributed by atoms with Crippen molar-refractivity contribution in [1.82, 2.24) is 15.5 Å². The molecule has 0 radical (unpaired) electrons.